The van der Waals surface area contributed by atoms with Gasteiger partial charge in [-0.3, -0.25) is 0 Å². The molecular formula is C24H18N4O. The first-order valence-electron chi connectivity index (χ1n) is 9.34. The van der Waals surface area contributed by atoms with Gasteiger partial charge in [0.15, 0.2) is 0 Å². The van der Waals surface area contributed by atoms with Crippen LogP contribution in [-0.4, -0.2) is 14.9 Å². The van der Waals surface area contributed by atoms with Crippen LogP contribution in [-0.2, 0) is 0 Å². The normalized spacial score (nSPS) is 10.8. The summed E-state index contributed by atoms with van der Waals surface area (Å²) in [6.07, 6.45) is 5.31. The van der Waals surface area contributed by atoms with E-state index in [-0.39, 0.29) is 0 Å². The summed E-state index contributed by atoms with van der Waals surface area (Å²) in [6, 6.07) is 30.7. The first kappa shape index (κ1) is 17.0. The van der Waals surface area contributed by atoms with Crippen LogP contribution in [0, 0.1) is 0 Å². The molecule has 0 amide bonds. The van der Waals surface area contributed by atoms with E-state index in [2.05, 4.69) is 51.6 Å². The van der Waals surface area contributed by atoms with Gasteiger partial charge in [-0.15, -0.1) is 0 Å². The van der Waals surface area contributed by atoms with Crippen molar-refractivity contribution in [3.8, 4) is 16.9 Å². The smallest absolute Gasteiger partial charge is 0.124 e. The van der Waals surface area contributed by atoms with E-state index in [0.717, 1.165) is 34.0 Å². The lowest BCUT2D eigenvalue weighted by atomic mass is 10.1. The molecular weight excluding hydrogens is 360 g/mol. The second-order valence-electron chi connectivity index (χ2n) is 6.58. The average Bonchev–Trinajstić information content (AvgIpc) is 3.50. The lowest BCUT2D eigenvalue weighted by Gasteiger charge is -2.26. The summed E-state index contributed by atoms with van der Waals surface area (Å²) in [5.41, 5.74) is 5.96. The first-order chi connectivity index (χ1) is 14.4. The fourth-order valence-electron chi connectivity index (χ4n) is 3.39. The Morgan fingerprint density at radius 1 is 0.724 bits per heavy atom. The Hall–Kier alpha value is -4.12. The van der Waals surface area contributed by atoms with E-state index in [1.54, 1.807) is 12.5 Å². The molecule has 5 rings (SSSR count). The Bertz CT molecular complexity index is 1120. The van der Waals surface area contributed by atoms with E-state index in [4.69, 9.17) is 4.52 Å². The molecule has 0 saturated heterocycles. The summed E-state index contributed by atoms with van der Waals surface area (Å²) >= 11 is 0. The molecule has 2 aromatic heterocycles. The maximum atomic E-state index is 5.02. The van der Waals surface area contributed by atoms with Crippen molar-refractivity contribution in [1.82, 2.24) is 14.9 Å². The number of aromatic nitrogens is 3. The van der Waals surface area contributed by atoms with Gasteiger partial charge in [0.05, 0.1) is 5.69 Å². The Morgan fingerprint density at radius 2 is 1.52 bits per heavy atom. The maximum absolute atomic E-state index is 5.02. The highest BCUT2D eigenvalue weighted by atomic mass is 16.5. The number of benzene rings is 3. The second-order valence-corrected chi connectivity index (χ2v) is 6.58. The van der Waals surface area contributed by atoms with Crippen LogP contribution in [0.5, 0.6) is 0 Å². The molecule has 0 atom stereocenters. The highest BCUT2D eigenvalue weighted by Crippen LogP contribution is 2.36. The minimum absolute atomic E-state index is 0.810. The van der Waals surface area contributed by atoms with E-state index >= 15 is 0 Å². The minimum atomic E-state index is 0.810. The van der Waals surface area contributed by atoms with Crippen LogP contribution in [0.4, 0.5) is 17.1 Å². The Balaban J connectivity index is 1.64. The van der Waals surface area contributed by atoms with Gasteiger partial charge in [0.25, 0.3) is 0 Å². The maximum Gasteiger partial charge on any atom is 0.124 e. The molecule has 0 saturated carbocycles. The van der Waals surface area contributed by atoms with Crippen molar-refractivity contribution in [3.05, 3.63) is 110 Å². The van der Waals surface area contributed by atoms with Crippen molar-refractivity contribution in [2.24, 2.45) is 0 Å². The first-order valence-corrected chi connectivity index (χ1v) is 9.34. The molecule has 0 N–H and O–H groups in total. The third-order valence-corrected chi connectivity index (χ3v) is 4.71. The molecule has 3 aromatic carbocycles. The Labute approximate surface area is 168 Å². The highest BCUT2D eigenvalue weighted by Gasteiger charge is 2.14. The van der Waals surface area contributed by atoms with Crippen molar-refractivity contribution in [2.45, 2.75) is 0 Å². The predicted octanol–water partition coefficient (Wildman–Crippen LogP) is 6.00. The molecule has 0 radical (unpaired) electrons. The van der Waals surface area contributed by atoms with Crippen molar-refractivity contribution in [3.63, 3.8) is 0 Å². The largest absolute Gasteiger partial charge is 0.364 e. The van der Waals surface area contributed by atoms with Crippen LogP contribution in [0.15, 0.2) is 114 Å². The lowest BCUT2D eigenvalue weighted by molar-refractivity contribution is 0.422. The number of para-hydroxylation sites is 1. The van der Waals surface area contributed by atoms with Gasteiger partial charge in [-0.1, -0.05) is 41.6 Å². The van der Waals surface area contributed by atoms with Gasteiger partial charge >= 0.3 is 0 Å². The predicted molar refractivity (Wildman–Crippen MR) is 114 cm³/mol. The van der Waals surface area contributed by atoms with Crippen LogP contribution in [0.3, 0.4) is 0 Å². The number of anilines is 3. The molecule has 29 heavy (non-hydrogen) atoms. The molecule has 0 bridgehead atoms. The number of rotatable bonds is 5. The van der Waals surface area contributed by atoms with Crippen molar-refractivity contribution in [1.29, 1.82) is 0 Å². The molecule has 0 aliphatic carbocycles. The Morgan fingerprint density at radius 3 is 2.28 bits per heavy atom. The van der Waals surface area contributed by atoms with E-state index in [9.17, 15) is 0 Å². The third-order valence-electron chi connectivity index (χ3n) is 4.71. The van der Waals surface area contributed by atoms with E-state index in [0.29, 0.717) is 0 Å². The molecule has 5 heteroatoms. The van der Waals surface area contributed by atoms with Gasteiger partial charge in [0.1, 0.15) is 12.0 Å². The van der Waals surface area contributed by atoms with Gasteiger partial charge in [-0.05, 0) is 48.5 Å². The molecule has 0 aliphatic heterocycles. The zero-order chi connectivity index (χ0) is 19.5. The molecule has 0 aliphatic rings. The summed E-state index contributed by atoms with van der Waals surface area (Å²) in [7, 11) is 0. The van der Waals surface area contributed by atoms with Crippen LogP contribution >= 0.6 is 0 Å². The van der Waals surface area contributed by atoms with Crippen molar-refractivity contribution >= 4 is 17.1 Å². The molecule has 0 unspecified atom stereocenters. The minimum Gasteiger partial charge on any atom is -0.364 e. The summed E-state index contributed by atoms with van der Waals surface area (Å²) in [5, 5.41) is 8.43. The van der Waals surface area contributed by atoms with Crippen LogP contribution < -0.4 is 4.90 Å². The molecule has 5 aromatic rings. The third kappa shape index (κ3) is 3.41. The number of hydrogen-bond acceptors (Lipinski definition) is 4. The number of nitrogens with zero attached hydrogens (tertiary/aromatic N) is 4. The van der Waals surface area contributed by atoms with Crippen LogP contribution in [0.2, 0.25) is 0 Å². The van der Waals surface area contributed by atoms with Gasteiger partial charge in [-0.25, -0.2) is 4.68 Å². The van der Waals surface area contributed by atoms with E-state index < -0.39 is 0 Å². The lowest BCUT2D eigenvalue weighted by Crippen LogP contribution is -2.10. The molecule has 0 spiro atoms. The van der Waals surface area contributed by atoms with E-state index in [1.165, 1.54) is 0 Å². The molecule has 0 fully saturated rings. The second kappa shape index (κ2) is 7.48. The fraction of sp³-hybridized carbons (Fsp3) is 0. The zero-order valence-corrected chi connectivity index (χ0v) is 15.6. The van der Waals surface area contributed by atoms with Gasteiger partial charge in [0, 0.05) is 41.1 Å². The highest BCUT2D eigenvalue weighted by molar-refractivity contribution is 5.79. The summed E-state index contributed by atoms with van der Waals surface area (Å²) in [5.74, 6) is 0. The fourth-order valence-corrected chi connectivity index (χ4v) is 3.39. The SMILES string of the molecule is c1ccc(N(c2cccc(-c3ccon3)c2)c2cccc(-n3cccn3)c2)cc1. The zero-order valence-electron chi connectivity index (χ0n) is 15.6. The summed E-state index contributed by atoms with van der Waals surface area (Å²) in [4.78, 5) is 2.22. The topological polar surface area (TPSA) is 47.1 Å². The monoisotopic (exact) mass is 378 g/mol. The standard InChI is InChI=1S/C24H18N4O/c1-2-8-20(9-3-1)28(22-11-4-7-19(17-22)24-13-16-29-26-24)23-12-5-10-21(18-23)27-15-6-14-25-27/h1-18H. The van der Waals surface area contributed by atoms with Gasteiger partial charge < -0.3 is 9.42 Å². The van der Waals surface area contributed by atoms with Gasteiger partial charge in [-0.2, -0.15) is 5.10 Å². The van der Waals surface area contributed by atoms with E-state index in [1.807, 2.05) is 65.5 Å². The molecule has 2 heterocycles. The number of hydrogen-bond donors (Lipinski definition) is 0. The summed E-state index contributed by atoms with van der Waals surface area (Å²) < 4.78 is 6.88. The summed E-state index contributed by atoms with van der Waals surface area (Å²) in [6.45, 7) is 0. The molecule has 140 valence electrons. The van der Waals surface area contributed by atoms with Crippen LogP contribution in [0.1, 0.15) is 0 Å². The van der Waals surface area contributed by atoms with Crippen molar-refractivity contribution < 1.29 is 4.52 Å². The van der Waals surface area contributed by atoms with Gasteiger partial charge in [0.2, 0.25) is 0 Å². The van der Waals surface area contributed by atoms with Crippen molar-refractivity contribution in [2.75, 3.05) is 4.90 Å². The Kier molecular flexibility index (Phi) is 4.39. The molecule has 5 nitrogen and oxygen atoms in total. The van der Waals surface area contributed by atoms with Crippen LogP contribution in [0.25, 0.3) is 16.9 Å². The quantitative estimate of drug-likeness (QED) is 0.376. The average molecular weight is 378 g/mol.